The molecule has 19 heavy (non-hydrogen) atoms. The molecule has 0 saturated carbocycles. The first kappa shape index (κ1) is 16.5. The Kier molecular flexibility index (Phi) is 6.30. The quantitative estimate of drug-likeness (QED) is 0.842. The molecule has 1 aromatic carbocycles. The van der Waals surface area contributed by atoms with Gasteiger partial charge in [0.25, 0.3) is 0 Å². The summed E-state index contributed by atoms with van der Waals surface area (Å²) >= 11 is 5.78. The zero-order chi connectivity index (χ0) is 14.5. The zero-order valence-corrected chi connectivity index (χ0v) is 13.3. The van der Waals surface area contributed by atoms with Gasteiger partial charge in [-0.1, -0.05) is 32.4 Å². The molecule has 1 aromatic rings. The van der Waals surface area contributed by atoms with Crippen LogP contribution in [0.15, 0.2) is 29.2 Å². The van der Waals surface area contributed by atoms with E-state index in [9.17, 15) is 8.42 Å². The largest absolute Gasteiger partial charge is 0.313 e. The molecule has 0 aliphatic carbocycles. The van der Waals surface area contributed by atoms with Crippen LogP contribution >= 0.6 is 11.6 Å². The number of benzene rings is 1. The molecule has 5 heteroatoms. The second-order valence-electron chi connectivity index (χ2n) is 5.04. The van der Waals surface area contributed by atoms with Crippen LogP contribution in [0.4, 0.5) is 0 Å². The van der Waals surface area contributed by atoms with Crippen LogP contribution in [-0.2, 0) is 9.84 Å². The SMILES string of the molecule is CCCNC(CS(=O)(=O)c1ccc(Cl)cc1)C(C)C. The molecule has 3 nitrogen and oxygen atoms in total. The van der Waals surface area contributed by atoms with Crippen molar-refractivity contribution in [2.75, 3.05) is 12.3 Å². The van der Waals surface area contributed by atoms with Crippen LogP contribution in [-0.4, -0.2) is 26.8 Å². The van der Waals surface area contributed by atoms with Crippen molar-refractivity contribution in [3.63, 3.8) is 0 Å². The summed E-state index contributed by atoms with van der Waals surface area (Å²) in [6, 6.07) is 6.32. The van der Waals surface area contributed by atoms with Crippen molar-refractivity contribution >= 4 is 21.4 Å². The number of halogens is 1. The van der Waals surface area contributed by atoms with Crippen molar-refractivity contribution in [1.29, 1.82) is 0 Å². The van der Waals surface area contributed by atoms with E-state index in [1.54, 1.807) is 24.3 Å². The summed E-state index contributed by atoms with van der Waals surface area (Å²) in [4.78, 5) is 0.334. The van der Waals surface area contributed by atoms with Gasteiger partial charge in [0.2, 0.25) is 0 Å². The molecule has 0 aliphatic rings. The first-order chi connectivity index (χ1) is 8.86. The molecule has 1 atom stereocenters. The highest BCUT2D eigenvalue weighted by Crippen LogP contribution is 2.17. The lowest BCUT2D eigenvalue weighted by atomic mass is 10.1. The summed E-state index contributed by atoms with van der Waals surface area (Å²) in [7, 11) is -3.27. The molecule has 0 aromatic heterocycles. The Morgan fingerprint density at radius 2 is 1.79 bits per heavy atom. The lowest BCUT2D eigenvalue weighted by Crippen LogP contribution is -2.40. The van der Waals surface area contributed by atoms with E-state index in [1.165, 1.54) is 0 Å². The lowest BCUT2D eigenvalue weighted by Gasteiger charge is -2.22. The summed E-state index contributed by atoms with van der Waals surface area (Å²) in [6.45, 7) is 6.96. The molecule has 108 valence electrons. The van der Waals surface area contributed by atoms with Gasteiger partial charge in [-0.2, -0.15) is 0 Å². The predicted octanol–water partition coefficient (Wildman–Crippen LogP) is 3.14. The fraction of sp³-hybridized carbons (Fsp3) is 0.571. The molecule has 0 amide bonds. The zero-order valence-electron chi connectivity index (χ0n) is 11.7. The van der Waals surface area contributed by atoms with Gasteiger partial charge in [0.15, 0.2) is 9.84 Å². The number of rotatable bonds is 7. The van der Waals surface area contributed by atoms with Crippen LogP contribution in [0.2, 0.25) is 5.02 Å². The molecule has 0 aliphatic heterocycles. The van der Waals surface area contributed by atoms with E-state index >= 15 is 0 Å². The molecule has 0 radical (unpaired) electrons. The summed E-state index contributed by atoms with van der Waals surface area (Å²) in [5.41, 5.74) is 0. The second-order valence-corrected chi connectivity index (χ2v) is 7.51. The Morgan fingerprint density at radius 3 is 2.26 bits per heavy atom. The van der Waals surface area contributed by atoms with Crippen molar-refractivity contribution < 1.29 is 8.42 Å². The highest BCUT2D eigenvalue weighted by atomic mass is 35.5. The van der Waals surface area contributed by atoms with Crippen molar-refractivity contribution in [3.8, 4) is 0 Å². The summed E-state index contributed by atoms with van der Waals surface area (Å²) in [5, 5.41) is 3.85. The summed E-state index contributed by atoms with van der Waals surface area (Å²) < 4.78 is 24.7. The third-order valence-electron chi connectivity index (χ3n) is 3.03. The fourth-order valence-corrected chi connectivity index (χ4v) is 3.64. The van der Waals surface area contributed by atoms with Gasteiger partial charge in [-0.3, -0.25) is 0 Å². The molecule has 0 spiro atoms. The van der Waals surface area contributed by atoms with Crippen molar-refractivity contribution in [1.82, 2.24) is 5.32 Å². The third-order valence-corrected chi connectivity index (χ3v) is 5.07. The van der Waals surface area contributed by atoms with E-state index in [-0.39, 0.29) is 17.7 Å². The first-order valence-corrected chi connectivity index (χ1v) is 8.61. The molecule has 1 rings (SSSR count). The van der Waals surface area contributed by atoms with Gasteiger partial charge in [-0.05, 0) is 43.1 Å². The molecule has 0 heterocycles. The number of nitrogens with one attached hydrogen (secondary N) is 1. The molecular formula is C14H22ClNO2S. The van der Waals surface area contributed by atoms with Crippen molar-refractivity contribution in [2.45, 2.75) is 38.1 Å². The van der Waals surface area contributed by atoms with Gasteiger partial charge in [0.05, 0.1) is 10.6 Å². The van der Waals surface area contributed by atoms with Crippen LogP contribution in [0, 0.1) is 5.92 Å². The van der Waals surface area contributed by atoms with E-state index in [0.717, 1.165) is 13.0 Å². The van der Waals surface area contributed by atoms with E-state index in [2.05, 4.69) is 12.2 Å². The Hall–Kier alpha value is -0.580. The van der Waals surface area contributed by atoms with Gasteiger partial charge >= 0.3 is 0 Å². The average molecular weight is 304 g/mol. The average Bonchev–Trinajstić information content (AvgIpc) is 2.34. The fourth-order valence-electron chi connectivity index (χ4n) is 1.79. The van der Waals surface area contributed by atoms with Crippen LogP contribution < -0.4 is 5.32 Å². The van der Waals surface area contributed by atoms with Gasteiger partial charge < -0.3 is 5.32 Å². The smallest absolute Gasteiger partial charge is 0.179 e. The Labute approximate surface area is 121 Å². The van der Waals surface area contributed by atoms with E-state index in [0.29, 0.717) is 9.92 Å². The minimum absolute atomic E-state index is 0.0272. The van der Waals surface area contributed by atoms with Crippen molar-refractivity contribution in [2.24, 2.45) is 5.92 Å². The minimum atomic E-state index is -3.27. The maximum absolute atomic E-state index is 12.3. The standard InChI is InChI=1S/C14H22ClNO2S/c1-4-9-16-14(11(2)3)10-19(17,18)13-7-5-12(15)6-8-13/h5-8,11,14,16H,4,9-10H2,1-3H3. The topological polar surface area (TPSA) is 46.2 Å². The Bertz CT molecular complexity index is 483. The van der Waals surface area contributed by atoms with Gasteiger partial charge in [-0.25, -0.2) is 8.42 Å². The van der Waals surface area contributed by atoms with E-state index in [1.807, 2.05) is 13.8 Å². The first-order valence-electron chi connectivity index (χ1n) is 6.58. The Balaban J connectivity index is 2.84. The maximum atomic E-state index is 12.3. The van der Waals surface area contributed by atoms with Crippen LogP contribution in [0.3, 0.4) is 0 Å². The third kappa shape index (κ3) is 5.13. The monoisotopic (exact) mass is 303 g/mol. The van der Waals surface area contributed by atoms with Crippen LogP contribution in [0.25, 0.3) is 0 Å². The van der Waals surface area contributed by atoms with Gasteiger partial charge in [0.1, 0.15) is 0 Å². The number of hydrogen-bond acceptors (Lipinski definition) is 3. The molecule has 0 bridgehead atoms. The number of sulfone groups is 1. The van der Waals surface area contributed by atoms with Crippen molar-refractivity contribution in [3.05, 3.63) is 29.3 Å². The van der Waals surface area contributed by atoms with E-state index in [4.69, 9.17) is 11.6 Å². The van der Waals surface area contributed by atoms with Gasteiger partial charge in [0, 0.05) is 11.1 Å². The minimum Gasteiger partial charge on any atom is -0.313 e. The highest BCUT2D eigenvalue weighted by molar-refractivity contribution is 7.91. The molecule has 1 unspecified atom stereocenters. The normalized spacial score (nSPS) is 13.7. The lowest BCUT2D eigenvalue weighted by molar-refractivity contribution is 0.426. The predicted molar refractivity (Wildman–Crippen MR) is 80.4 cm³/mol. The van der Waals surface area contributed by atoms with Crippen LogP contribution in [0.1, 0.15) is 27.2 Å². The summed E-state index contributed by atoms with van der Waals surface area (Å²) in [6.07, 6.45) is 0.990. The molecule has 1 N–H and O–H groups in total. The van der Waals surface area contributed by atoms with Crippen LogP contribution in [0.5, 0.6) is 0 Å². The summed E-state index contributed by atoms with van der Waals surface area (Å²) in [5.74, 6) is 0.389. The number of hydrogen-bond donors (Lipinski definition) is 1. The molecule has 0 fully saturated rings. The van der Waals surface area contributed by atoms with Gasteiger partial charge in [-0.15, -0.1) is 0 Å². The molecule has 0 saturated heterocycles. The second kappa shape index (κ2) is 7.27. The highest BCUT2D eigenvalue weighted by Gasteiger charge is 2.23. The van der Waals surface area contributed by atoms with E-state index < -0.39 is 9.84 Å². The molecular weight excluding hydrogens is 282 g/mol. The maximum Gasteiger partial charge on any atom is 0.179 e. The Morgan fingerprint density at radius 1 is 1.21 bits per heavy atom.